The molecule has 2 atom stereocenters. The Labute approximate surface area is 118 Å². The monoisotopic (exact) mass is 272 g/mol. The molecule has 1 saturated heterocycles. The first-order chi connectivity index (χ1) is 9.90. The number of benzene rings is 1. The third-order valence-electron chi connectivity index (χ3n) is 3.76. The quantitative estimate of drug-likeness (QED) is 0.659. The summed E-state index contributed by atoms with van der Waals surface area (Å²) in [5.74, 6) is 5.77. The smallest absolute Gasteiger partial charge is 0.0894 e. The predicted octanol–water partition coefficient (Wildman–Crippen LogP) is 1.95. The molecule has 1 fully saturated rings. The van der Waals surface area contributed by atoms with Gasteiger partial charge < -0.3 is 4.74 Å². The summed E-state index contributed by atoms with van der Waals surface area (Å²) in [5.41, 5.74) is 4.96. The molecule has 0 aliphatic carbocycles. The summed E-state index contributed by atoms with van der Waals surface area (Å²) in [4.78, 5) is 0. The van der Waals surface area contributed by atoms with Crippen molar-refractivity contribution in [3.63, 3.8) is 0 Å². The maximum Gasteiger partial charge on any atom is 0.0894 e. The average molecular weight is 272 g/mol. The van der Waals surface area contributed by atoms with Crippen molar-refractivity contribution in [3.05, 3.63) is 48.3 Å². The first kappa shape index (κ1) is 13.3. The van der Waals surface area contributed by atoms with E-state index < -0.39 is 0 Å². The van der Waals surface area contributed by atoms with Gasteiger partial charge in [-0.1, -0.05) is 18.2 Å². The summed E-state index contributed by atoms with van der Waals surface area (Å²) in [7, 11) is 0. The minimum atomic E-state index is -0.0435. The van der Waals surface area contributed by atoms with Crippen LogP contribution in [0.25, 0.3) is 5.69 Å². The molecule has 1 aromatic heterocycles. The highest BCUT2D eigenvalue weighted by molar-refractivity contribution is 5.33. The number of nitrogens with two attached hydrogens (primary N) is 1. The summed E-state index contributed by atoms with van der Waals surface area (Å²) in [6.45, 7) is 0.808. The van der Waals surface area contributed by atoms with E-state index in [1.165, 1.54) is 6.42 Å². The van der Waals surface area contributed by atoms with Crippen molar-refractivity contribution in [1.29, 1.82) is 0 Å². The average Bonchev–Trinajstić information content (AvgIpc) is 2.99. The van der Waals surface area contributed by atoms with Gasteiger partial charge in [0.05, 0.1) is 23.5 Å². The van der Waals surface area contributed by atoms with E-state index in [4.69, 9.17) is 10.6 Å². The summed E-state index contributed by atoms with van der Waals surface area (Å²) < 4.78 is 7.78. The van der Waals surface area contributed by atoms with Crippen LogP contribution in [0.1, 0.15) is 31.0 Å². The van der Waals surface area contributed by atoms with E-state index in [1.54, 1.807) is 6.20 Å². The molecule has 3 N–H and O–H groups in total. The van der Waals surface area contributed by atoms with Crippen LogP contribution in [0.3, 0.4) is 0 Å². The normalized spacial score (nSPS) is 20.8. The lowest BCUT2D eigenvalue weighted by molar-refractivity contribution is -0.00957. The minimum Gasteiger partial charge on any atom is -0.376 e. The van der Waals surface area contributed by atoms with E-state index >= 15 is 0 Å². The zero-order chi connectivity index (χ0) is 13.8. The Morgan fingerprint density at radius 2 is 2.10 bits per heavy atom. The van der Waals surface area contributed by atoms with Crippen LogP contribution in [0, 0.1) is 0 Å². The highest BCUT2D eigenvalue weighted by Gasteiger charge is 2.27. The number of hydrogen-bond acceptors (Lipinski definition) is 4. The second kappa shape index (κ2) is 6.17. The number of ether oxygens (including phenoxy) is 1. The summed E-state index contributed by atoms with van der Waals surface area (Å²) in [6, 6.07) is 12.0. The molecule has 1 aromatic carbocycles. The molecule has 5 heteroatoms. The van der Waals surface area contributed by atoms with Crippen LogP contribution in [0.15, 0.2) is 42.6 Å². The van der Waals surface area contributed by atoms with E-state index in [0.717, 1.165) is 30.8 Å². The van der Waals surface area contributed by atoms with Crippen molar-refractivity contribution < 1.29 is 4.74 Å². The second-order valence-corrected chi connectivity index (χ2v) is 5.05. The molecule has 2 heterocycles. The molecule has 0 bridgehead atoms. The number of hydrazine groups is 1. The fraction of sp³-hybridized carbons (Fsp3) is 0.400. The standard InChI is InChI=1S/C15H20N4O/c16-18-15(14-8-4-5-11-20-14)13-9-10-17-19(13)12-6-2-1-3-7-12/h1-3,6-7,9-10,14-15,18H,4-5,8,11,16H2. The van der Waals surface area contributed by atoms with Gasteiger partial charge in [-0.15, -0.1) is 0 Å². The molecule has 3 rings (SSSR count). The van der Waals surface area contributed by atoms with Crippen molar-refractivity contribution in [2.75, 3.05) is 6.61 Å². The second-order valence-electron chi connectivity index (χ2n) is 5.05. The summed E-state index contributed by atoms with van der Waals surface area (Å²) >= 11 is 0. The van der Waals surface area contributed by atoms with Crippen molar-refractivity contribution in [1.82, 2.24) is 15.2 Å². The van der Waals surface area contributed by atoms with Crippen molar-refractivity contribution in [2.45, 2.75) is 31.4 Å². The summed E-state index contributed by atoms with van der Waals surface area (Å²) in [5, 5.41) is 4.42. The van der Waals surface area contributed by atoms with E-state index in [9.17, 15) is 0 Å². The third-order valence-corrected chi connectivity index (χ3v) is 3.76. The molecule has 0 spiro atoms. The molecular formula is C15H20N4O. The predicted molar refractivity (Wildman–Crippen MR) is 77.2 cm³/mol. The molecule has 2 unspecified atom stereocenters. The Bertz CT molecular complexity index is 534. The molecule has 0 saturated carbocycles. The number of rotatable bonds is 4. The molecule has 0 radical (unpaired) electrons. The Morgan fingerprint density at radius 3 is 2.80 bits per heavy atom. The van der Waals surface area contributed by atoms with Gasteiger partial charge in [0.25, 0.3) is 0 Å². The van der Waals surface area contributed by atoms with Crippen LogP contribution in [0.4, 0.5) is 0 Å². The number of aromatic nitrogens is 2. The Hall–Kier alpha value is -1.69. The third kappa shape index (κ3) is 2.60. The van der Waals surface area contributed by atoms with E-state index in [1.807, 2.05) is 41.1 Å². The van der Waals surface area contributed by atoms with Gasteiger partial charge in [0.2, 0.25) is 0 Å². The fourth-order valence-corrected chi connectivity index (χ4v) is 2.75. The van der Waals surface area contributed by atoms with Gasteiger partial charge in [-0.2, -0.15) is 5.10 Å². The van der Waals surface area contributed by atoms with Crippen LogP contribution in [-0.4, -0.2) is 22.5 Å². The molecular weight excluding hydrogens is 252 g/mol. The van der Waals surface area contributed by atoms with Crippen molar-refractivity contribution >= 4 is 0 Å². The highest BCUT2D eigenvalue weighted by atomic mass is 16.5. The lowest BCUT2D eigenvalue weighted by Crippen LogP contribution is -2.40. The van der Waals surface area contributed by atoms with Gasteiger partial charge >= 0.3 is 0 Å². The number of nitrogens with zero attached hydrogens (tertiary/aromatic N) is 2. The topological polar surface area (TPSA) is 65.1 Å². The Balaban J connectivity index is 1.91. The Morgan fingerprint density at radius 1 is 1.25 bits per heavy atom. The number of hydrogen-bond donors (Lipinski definition) is 2. The first-order valence-corrected chi connectivity index (χ1v) is 7.07. The van der Waals surface area contributed by atoms with Crippen LogP contribution in [-0.2, 0) is 4.74 Å². The molecule has 2 aromatic rings. The van der Waals surface area contributed by atoms with Gasteiger partial charge in [0.15, 0.2) is 0 Å². The zero-order valence-corrected chi connectivity index (χ0v) is 11.4. The van der Waals surface area contributed by atoms with Crippen molar-refractivity contribution in [3.8, 4) is 5.69 Å². The number of para-hydroxylation sites is 1. The Kier molecular flexibility index (Phi) is 4.11. The molecule has 1 aliphatic heterocycles. The van der Waals surface area contributed by atoms with Crippen LogP contribution in [0.2, 0.25) is 0 Å². The van der Waals surface area contributed by atoms with Crippen LogP contribution < -0.4 is 11.3 Å². The van der Waals surface area contributed by atoms with Crippen LogP contribution in [0.5, 0.6) is 0 Å². The SMILES string of the molecule is NNC(c1ccnn1-c1ccccc1)C1CCCCO1. The lowest BCUT2D eigenvalue weighted by Gasteiger charge is -2.30. The maximum atomic E-state index is 5.86. The largest absolute Gasteiger partial charge is 0.376 e. The molecule has 1 aliphatic rings. The molecule has 20 heavy (non-hydrogen) atoms. The molecule has 106 valence electrons. The maximum absolute atomic E-state index is 5.86. The van der Waals surface area contributed by atoms with E-state index in [-0.39, 0.29) is 12.1 Å². The van der Waals surface area contributed by atoms with Gasteiger partial charge in [0.1, 0.15) is 0 Å². The lowest BCUT2D eigenvalue weighted by atomic mass is 10.00. The van der Waals surface area contributed by atoms with E-state index in [0.29, 0.717) is 0 Å². The van der Waals surface area contributed by atoms with Gasteiger partial charge in [-0.05, 0) is 37.5 Å². The van der Waals surface area contributed by atoms with Crippen molar-refractivity contribution in [2.24, 2.45) is 5.84 Å². The number of nitrogens with one attached hydrogen (secondary N) is 1. The van der Waals surface area contributed by atoms with E-state index in [2.05, 4.69) is 10.5 Å². The molecule has 0 amide bonds. The van der Waals surface area contributed by atoms with Gasteiger partial charge in [0, 0.05) is 12.8 Å². The fourth-order valence-electron chi connectivity index (χ4n) is 2.75. The minimum absolute atomic E-state index is 0.0435. The highest BCUT2D eigenvalue weighted by Crippen LogP contribution is 2.27. The first-order valence-electron chi connectivity index (χ1n) is 7.07. The van der Waals surface area contributed by atoms with Crippen LogP contribution >= 0.6 is 0 Å². The van der Waals surface area contributed by atoms with Gasteiger partial charge in [-0.25, -0.2) is 10.1 Å². The molecule has 5 nitrogen and oxygen atoms in total. The van der Waals surface area contributed by atoms with Gasteiger partial charge in [-0.3, -0.25) is 5.84 Å². The zero-order valence-electron chi connectivity index (χ0n) is 11.4. The summed E-state index contributed by atoms with van der Waals surface area (Å²) in [6.07, 6.45) is 5.24.